The summed E-state index contributed by atoms with van der Waals surface area (Å²) in [6.07, 6.45) is 3.67. The second kappa shape index (κ2) is 16.7. The standard InChI is InChI=1S/C39H43ClFN9O4/c1-54-34-22-28(8-10-32(34)45-39-42-23-30(40)37(47-39)44-26-5-3-2-4-6-26)49-17-19-50(20-18-49)36(52)24-48-15-13-25(14-16-48)29-9-7-27(21-31(29)41)43-33-11-12-35(51)46-38(33)53/h2-10,21-23,25,33,43H,11-20,24H2,1H3,(H,46,51,53)(H2,42,44,45,47). The van der Waals surface area contributed by atoms with E-state index in [1.165, 1.54) is 6.07 Å². The molecule has 1 atom stereocenters. The van der Waals surface area contributed by atoms with E-state index in [2.05, 4.69) is 41.0 Å². The molecule has 4 heterocycles. The predicted octanol–water partition coefficient (Wildman–Crippen LogP) is 5.51. The molecular weight excluding hydrogens is 713 g/mol. The fraction of sp³-hybridized carbons (Fsp3) is 0.359. The third kappa shape index (κ3) is 8.83. The Balaban J connectivity index is 0.874. The van der Waals surface area contributed by atoms with Gasteiger partial charge in [0.25, 0.3) is 0 Å². The van der Waals surface area contributed by atoms with Crippen molar-refractivity contribution in [3.63, 3.8) is 0 Å². The number of halogens is 2. The maximum atomic E-state index is 15.2. The van der Waals surface area contributed by atoms with Crippen LogP contribution in [-0.4, -0.2) is 96.5 Å². The van der Waals surface area contributed by atoms with Gasteiger partial charge in [-0.3, -0.25) is 24.6 Å². The number of nitrogens with zero attached hydrogens (tertiary/aromatic N) is 5. The molecule has 3 amide bonds. The molecule has 4 aromatic rings. The molecule has 0 aliphatic carbocycles. The lowest BCUT2D eigenvalue weighted by Crippen LogP contribution is -2.51. The van der Waals surface area contributed by atoms with Gasteiger partial charge in [-0.15, -0.1) is 0 Å². The van der Waals surface area contributed by atoms with Crippen LogP contribution in [0.1, 0.15) is 37.2 Å². The Labute approximate surface area is 318 Å². The van der Waals surface area contributed by atoms with Crippen LogP contribution >= 0.6 is 11.6 Å². The van der Waals surface area contributed by atoms with E-state index in [-0.39, 0.29) is 30.0 Å². The Morgan fingerprint density at radius 3 is 2.44 bits per heavy atom. The van der Waals surface area contributed by atoms with E-state index in [4.69, 9.17) is 16.3 Å². The van der Waals surface area contributed by atoms with Gasteiger partial charge >= 0.3 is 0 Å². The van der Waals surface area contributed by atoms with Crippen LogP contribution in [0, 0.1) is 5.82 Å². The fourth-order valence-electron chi connectivity index (χ4n) is 7.16. The number of anilines is 6. The van der Waals surface area contributed by atoms with Crippen LogP contribution in [0.3, 0.4) is 0 Å². The van der Waals surface area contributed by atoms with E-state index < -0.39 is 11.9 Å². The number of nitrogens with one attached hydrogen (secondary N) is 4. The number of rotatable bonds is 11. The van der Waals surface area contributed by atoms with Gasteiger partial charge in [-0.25, -0.2) is 9.37 Å². The second-order valence-corrected chi connectivity index (χ2v) is 14.1. The van der Waals surface area contributed by atoms with E-state index in [0.29, 0.717) is 91.7 Å². The Morgan fingerprint density at radius 1 is 0.944 bits per heavy atom. The average Bonchev–Trinajstić information content (AvgIpc) is 3.18. The molecule has 3 aliphatic rings. The van der Waals surface area contributed by atoms with Gasteiger partial charge in [0.1, 0.15) is 22.6 Å². The second-order valence-electron chi connectivity index (χ2n) is 13.7. The van der Waals surface area contributed by atoms with Crippen molar-refractivity contribution in [3.05, 3.63) is 89.3 Å². The Morgan fingerprint density at radius 2 is 1.72 bits per heavy atom. The molecule has 54 heavy (non-hydrogen) atoms. The summed E-state index contributed by atoms with van der Waals surface area (Å²) in [5.74, 6) is 0.631. The summed E-state index contributed by atoms with van der Waals surface area (Å²) >= 11 is 6.36. The highest BCUT2D eigenvalue weighted by molar-refractivity contribution is 6.32. The van der Waals surface area contributed by atoms with Crippen molar-refractivity contribution in [2.75, 3.05) is 73.8 Å². The third-order valence-electron chi connectivity index (χ3n) is 10.2. The molecule has 15 heteroatoms. The molecule has 3 fully saturated rings. The zero-order valence-electron chi connectivity index (χ0n) is 30.0. The summed E-state index contributed by atoms with van der Waals surface area (Å²) in [5, 5.41) is 12.2. The maximum Gasteiger partial charge on any atom is 0.249 e. The highest BCUT2D eigenvalue weighted by Gasteiger charge is 2.29. The van der Waals surface area contributed by atoms with Gasteiger partial charge in [-0.1, -0.05) is 35.9 Å². The topological polar surface area (TPSA) is 144 Å². The van der Waals surface area contributed by atoms with Gasteiger partial charge in [0.2, 0.25) is 23.7 Å². The highest BCUT2D eigenvalue weighted by atomic mass is 35.5. The number of carbonyl (C=O) groups excluding carboxylic acids is 3. The van der Waals surface area contributed by atoms with Crippen molar-refractivity contribution < 1.29 is 23.5 Å². The van der Waals surface area contributed by atoms with E-state index in [1.807, 2.05) is 53.4 Å². The lowest BCUT2D eigenvalue weighted by atomic mass is 9.89. The average molecular weight is 756 g/mol. The summed E-state index contributed by atoms with van der Waals surface area (Å²) in [6.45, 7) is 4.35. The molecule has 0 spiro atoms. The SMILES string of the molecule is COc1cc(N2CCN(C(=O)CN3CCC(c4ccc(NC5CCC(=O)NC5=O)cc4F)CC3)CC2)ccc1Nc1ncc(Cl)c(Nc2ccccc2)n1. The monoisotopic (exact) mass is 755 g/mol. The molecule has 3 aromatic carbocycles. The minimum absolute atomic E-state index is 0.0518. The molecule has 3 saturated heterocycles. The molecule has 3 aliphatic heterocycles. The number of piperidine rings is 2. The number of para-hydroxylation sites is 1. The lowest BCUT2D eigenvalue weighted by molar-refractivity contribution is -0.134. The number of imide groups is 1. The molecule has 0 bridgehead atoms. The lowest BCUT2D eigenvalue weighted by Gasteiger charge is -2.38. The minimum atomic E-state index is -0.565. The zero-order chi connectivity index (χ0) is 37.6. The third-order valence-corrected chi connectivity index (χ3v) is 10.5. The fourth-order valence-corrected chi connectivity index (χ4v) is 7.30. The first-order valence-electron chi connectivity index (χ1n) is 18.2. The molecular formula is C39H43ClFN9O4. The van der Waals surface area contributed by atoms with Gasteiger partial charge < -0.3 is 30.5 Å². The quantitative estimate of drug-likeness (QED) is 0.144. The first kappa shape index (κ1) is 36.9. The molecule has 0 radical (unpaired) electrons. The van der Waals surface area contributed by atoms with Gasteiger partial charge in [-0.05, 0) is 80.2 Å². The van der Waals surface area contributed by atoms with Gasteiger partial charge in [0.15, 0.2) is 5.82 Å². The predicted molar refractivity (Wildman–Crippen MR) is 206 cm³/mol. The van der Waals surface area contributed by atoms with Gasteiger partial charge in [-0.2, -0.15) is 4.98 Å². The van der Waals surface area contributed by atoms with E-state index in [9.17, 15) is 14.4 Å². The van der Waals surface area contributed by atoms with E-state index in [0.717, 1.165) is 24.2 Å². The molecule has 7 rings (SSSR count). The number of benzene rings is 3. The number of hydrogen-bond donors (Lipinski definition) is 4. The number of methoxy groups -OCH3 is 1. The number of likely N-dealkylation sites (tertiary alicyclic amines) is 1. The maximum absolute atomic E-state index is 15.2. The van der Waals surface area contributed by atoms with Crippen LogP contribution in [0.2, 0.25) is 5.02 Å². The molecule has 1 unspecified atom stereocenters. The first-order chi connectivity index (χ1) is 26.2. The molecule has 282 valence electrons. The number of amides is 3. The van der Waals surface area contributed by atoms with Crippen molar-refractivity contribution in [3.8, 4) is 5.75 Å². The number of hydrogen-bond acceptors (Lipinski definition) is 11. The number of ether oxygens (including phenoxy) is 1. The van der Waals surface area contributed by atoms with Crippen LogP contribution in [0.25, 0.3) is 0 Å². The molecule has 4 N–H and O–H groups in total. The molecule has 13 nitrogen and oxygen atoms in total. The summed E-state index contributed by atoms with van der Waals surface area (Å²) < 4.78 is 20.9. The van der Waals surface area contributed by atoms with Crippen LogP contribution < -0.4 is 30.9 Å². The molecule has 0 saturated carbocycles. The van der Waals surface area contributed by atoms with Gasteiger partial charge in [0, 0.05) is 55.7 Å². The van der Waals surface area contributed by atoms with Crippen molar-refractivity contribution in [1.82, 2.24) is 25.1 Å². The highest BCUT2D eigenvalue weighted by Crippen LogP contribution is 2.34. The number of aromatic nitrogens is 2. The van der Waals surface area contributed by atoms with Crippen LogP contribution in [0.4, 0.5) is 38.9 Å². The minimum Gasteiger partial charge on any atom is -0.494 e. The largest absolute Gasteiger partial charge is 0.494 e. The molecule has 1 aromatic heterocycles. The van der Waals surface area contributed by atoms with Crippen LogP contribution in [0.15, 0.2) is 72.9 Å². The normalized spacial score (nSPS) is 18.2. The van der Waals surface area contributed by atoms with Crippen molar-refractivity contribution >= 4 is 63.8 Å². The first-order valence-corrected chi connectivity index (χ1v) is 18.5. The summed E-state index contributed by atoms with van der Waals surface area (Å²) in [4.78, 5) is 52.0. The summed E-state index contributed by atoms with van der Waals surface area (Å²) in [7, 11) is 1.62. The van der Waals surface area contributed by atoms with Gasteiger partial charge in [0.05, 0.1) is 25.5 Å². The zero-order valence-corrected chi connectivity index (χ0v) is 30.7. The Kier molecular flexibility index (Phi) is 11.4. The number of carbonyl (C=O) groups is 3. The van der Waals surface area contributed by atoms with Crippen molar-refractivity contribution in [2.45, 2.75) is 37.6 Å². The van der Waals surface area contributed by atoms with E-state index in [1.54, 1.807) is 25.4 Å². The van der Waals surface area contributed by atoms with Crippen molar-refractivity contribution in [1.29, 1.82) is 0 Å². The van der Waals surface area contributed by atoms with Crippen LogP contribution in [-0.2, 0) is 14.4 Å². The summed E-state index contributed by atoms with van der Waals surface area (Å²) in [6, 6.07) is 20.0. The van der Waals surface area contributed by atoms with Crippen molar-refractivity contribution in [2.24, 2.45) is 0 Å². The van der Waals surface area contributed by atoms with E-state index >= 15 is 4.39 Å². The van der Waals surface area contributed by atoms with Crippen LogP contribution in [0.5, 0.6) is 5.75 Å². The Hall–Kier alpha value is -5.47. The Bertz CT molecular complexity index is 1990. The summed E-state index contributed by atoms with van der Waals surface area (Å²) in [5.41, 5.74) is 3.71. The number of piperazine rings is 1. The smallest absolute Gasteiger partial charge is 0.249 e.